The molecule has 108 valence electrons. The van der Waals surface area contributed by atoms with Crippen LogP contribution in [0.15, 0.2) is 24.3 Å². The lowest BCUT2D eigenvalue weighted by Crippen LogP contribution is -2.35. The van der Waals surface area contributed by atoms with E-state index in [4.69, 9.17) is 4.98 Å². The molecule has 0 spiro atoms. The third-order valence-corrected chi connectivity index (χ3v) is 5.57. The second-order valence-electron chi connectivity index (χ2n) is 6.32. The molecule has 3 rings (SSSR count). The van der Waals surface area contributed by atoms with Gasteiger partial charge in [0.15, 0.2) is 0 Å². The second kappa shape index (κ2) is 6.23. The maximum absolute atomic E-state index is 4.71. The van der Waals surface area contributed by atoms with E-state index in [1.807, 2.05) is 11.3 Å². The summed E-state index contributed by atoms with van der Waals surface area (Å²) in [6.07, 6.45) is 5.45. The van der Waals surface area contributed by atoms with Crippen LogP contribution in [0.25, 0.3) is 10.2 Å². The van der Waals surface area contributed by atoms with Crippen LogP contribution in [0.5, 0.6) is 0 Å². The van der Waals surface area contributed by atoms with Gasteiger partial charge in [0.1, 0.15) is 5.01 Å². The molecule has 0 radical (unpaired) electrons. The van der Waals surface area contributed by atoms with Crippen LogP contribution in [0.1, 0.15) is 44.5 Å². The van der Waals surface area contributed by atoms with Gasteiger partial charge in [-0.3, -0.25) is 0 Å². The number of fused-ring (bicyclic) bond motifs is 1. The molecule has 0 saturated heterocycles. The highest BCUT2D eigenvalue weighted by Crippen LogP contribution is 2.30. The Labute approximate surface area is 125 Å². The molecule has 1 saturated carbocycles. The minimum Gasteiger partial charge on any atom is -0.308 e. The van der Waals surface area contributed by atoms with Crippen molar-refractivity contribution in [1.82, 2.24) is 10.3 Å². The average molecular weight is 288 g/mol. The quantitative estimate of drug-likeness (QED) is 0.889. The second-order valence-corrected chi connectivity index (χ2v) is 7.44. The molecule has 2 aromatic rings. The van der Waals surface area contributed by atoms with Gasteiger partial charge in [0.05, 0.1) is 10.2 Å². The van der Waals surface area contributed by atoms with E-state index in [2.05, 4.69) is 43.4 Å². The first-order chi connectivity index (χ1) is 9.72. The van der Waals surface area contributed by atoms with E-state index < -0.39 is 0 Å². The van der Waals surface area contributed by atoms with Crippen LogP contribution in [0, 0.1) is 11.8 Å². The van der Waals surface area contributed by atoms with Crippen molar-refractivity contribution in [2.75, 3.05) is 0 Å². The van der Waals surface area contributed by atoms with Crippen LogP contribution in [0.3, 0.4) is 0 Å². The summed E-state index contributed by atoms with van der Waals surface area (Å²) in [6, 6.07) is 9.10. The highest BCUT2D eigenvalue weighted by molar-refractivity contribution is 7.18. The summed E-state index contributed by atoms with van der Waals surface area (Å²) >= 11 is 1.82. The van der Waals surface area contributed by atoms with Gasteiger partial charge in [-0.1, -0.05) is 38.8 Å². The number of rotatable bonds is 4. The number of thiazole rings is 1. The van der Waals surface area contributed by atoms with Gasteiger partial charge in [-0.05, 0) is 36.8 Å². The Morgan fingerprint density at radius 3 is 2.95 bits per heavy atom. The third kappa shape index (κ3) is 3.21. The molecule has 0 aliphatic heterocycles. The van der Waals surface area contributed by atoms with Gasteiger partial charge in [0, 0.05) is 12.6 Å². The van der Waals surface area contributed by atoms with Crippen molar-refractivity contribution in [2.45, 2.75) is 52.1 Å². The molecule has 1 heterocycles. The molecule has 0 bridgehead atoms. The van der Waals surface area contributed by atoms with Crippen LogP contribution in [0.2, 0.25) is 0 Å². The Kier molecular flexibility index (Phi) is 4.37. The molecule has 1 aliphatic rings. The number of para-hydroxylation sites is 1. The number of aromatic nitrogens is 1. The maximum atomic E-state index is 4.71. The van der Waals surface area contributed by atoms with E-state index >= 15 is 0 Å². The zero-order valence-electron chi connectivity index (χ0n) is 12.4. The molecule has 1 N–H and O–H groups in total. The number of hydrogen-bond acceptors (Lipinski definition) is 3. The van der Waals surface area contributed by atoms with Crippen LogP contribution in [-0.4, -0.2) is 11.0 Å². The van der Waals surface area contributed by atoms with Gasteiger partial charge in [-0.15, -0.1) is 11.3 Å². The van der Waals surface area contributed by atoms with Crippen LogP contribution in [0.4, 0.5) is 0 Å². The summed E-state index contributed by atoms with van der Waals surface area (Å²) in [6.45, 7) is 5.65. The van der Waals surface area contributed by atoms with Gasteiger partial charge in [0.2, 0.25) is 0 Å². The van der Waals surface area contributed by atoms with E-state index in [1.54, 1.807) is 0 Å². The Balaban J connectivity index is 1.58. The van der Waals surface area contributed by atoms with Gasteiger partial charge in [-0.25, -0.2) is 4.98 Å². The summed E-state index contributed by atoms with van der Waals surface area (Å²) in [5, 5.41) is 4.95. The lowest BCUT2D eigenvalue weighted by Gasteiger charge is -2.32. The minimum atomic E-state index is 0.683. The largest absolute Gasteiger partial charge is 0.308 e. The van der Waals surface area contributed by atoms with Gasteiger partial charge in [0.25, 0.3) is 0 Å². The van der Waals surface area contributed by atoms with Crippen molar-refractivity contribution in [3.63, 3.8) is 0 Å². The van der Waals surface area contributed by atoms with Crippen molar-refractivity contribution < 1.29 is 0 Å². The van der Waals surface area contributed by atoms with Crippen molar-refractivity contribution in [3.8, 4) is 0 Å². The molecule has 2 atom stereocenters. The highest BCUT2D eigenvalue weighted by atomic mass is 32.1. The summed E-state index contributed by atoms with van der Waals surface area (Å²) in [5.41, 5.74) is 1.14. The van der Waals surface area contributed by atoms with E-state index in [0.717, 1.165) is 23.9 Å². The number of nitrogens with one attached hydrogen (secondary N) is 1. The molecule has 1 aromatic carbocycles. The third-order valence-electron chi connectivity index (χ3n) is 4.54. The molecule has 2 unspecified atom stereocenters. The molecule has 1 aromatic heterocycles. The Morgan fingerprint density at radius 1 is 1.30 bits per heavy atom. The zero-order chi connectivity index (χ0) is 13.9. The number of nitrogens with zero attached hydrogens (tertiary/aromatic N) is 1. The van der Waals surface area contributed by atoms with E-state index in [1.165, 1.54) is 35.4 Å². The lowest BCUT2D eigenvalue weighted by molar-refractivity contribution is 0.231. The van der Waals surface area contributed by atoms with Crippen molar-refractivity contribution in [2.24, 2.45) is 11.8 Å². The van der Waals surface area contributed by atoms with Crippen molar-refractivity contribution in [3.05, 3.63) is 29.3 Å². The Hall–Kier alpha value is -0.930. The van der Waals surface area contributed by atoms with Gasteiger partial charge < -0.3 is 5.32 Å². The van der Waals surface area contributed by atoms with Gasteiger partial charge in [-0.2, -0.15) is 0 Å². The summed E-state index contributed by atoms with van der Waals surface area (Å²) < 4.78 is 1.30. The molecule has 1 fully saturated rings. The zero-order valence-corrected chi connectivity index (χ0v) is 13.2. The van der Waals surface area contributed by atoms with E-state index in [9.17, 15) is 0 Å². The molecule has 1 aliphatic carbocycles. The fourth-order valence-corrected chi connectivity index (χ4v) is 4.16. The molecule has 3 heteroatoms. The normalized spacial score (nSPS) is 23.6. The minimum absolute atomic E-state index is 0.683. The van der Waals surface area contributed by atoms with E-state index in [0.29, 0.717) is 6.04 Å². The predicted octanol–water partition coefficient (Wildman–Crippen LogP) is 4.60. The topological polar surface area (TPSA) is 24.9 Å². The standard InChI is InChI=1S/C17H24N2S/c1-12(2)13-6-5-7-14(10-13)18-11-17-19-15-8-3-4-9-16(15)20-17/h3-4,8-9,12-14,18H,5-7,10-11H2,1-2H3. The lowest BCUT2D eigenvalue weighted by atomic mass is 9.79. The molecule has 2 nitrogen and oxygen atoms in total. The number of hydrogen-bond donors (Lipinski definition) is 1. The smallest absolute Gasteiger partial charge is 0.108 e. The predicted molar refractivity (Wildman–Crippen MR) is 87.0 cm³/mol. The fourth-order valence-electron chi connectivity index (χ4n) is 3.25. The number of benzene rings is 1. The van der Waals surface area contributed by atoms with Crippen LogP contribution >= 0.6 is 11.3 Å². The monoisotopic (exact) mass is 288 g/mol. The summed E-state index contributed by atoms with van der Waals surface area (Å²) in [4.78, 5) is 4.71. The van der Waals surface area contributed by atoms with Crippen molar-refractivity contribution in [1.29, 1.82) is 0 Å². The first-order valence-corrected chi connectivity index (χ1v) is 8.62. The average Bonchev–Trinajstić information content (AvgIpc) is 2.88. The molecular formula is C17H24N2S. The first-order valence-electron chi connectivity index (χ1n) is 7.80. The summed E-state index contributed by atoms with van der Waals surface area (Å²) in [5.74, 6) is 1.72. The SMILES string of the molecule is CC(C)C1CCCC(NCc2nc3ccccc3s2)C1. The fraction of sp³-hybridized carbons (Fsp3) is 0.588. The van der Waals surface area contributed by atoms with Crippen molar-refractivity contribution >= 4 is 21.6 Å². The van der Waals surface area contributed by atoms with Crippen LogP contribution < -0.4 is 5.32 Å². The molecule has 20 heavy (non-hydrogen) atoms. The first kappa shape index (κ1) is 14.0. The Morgan fingerprint density at radius 2 is 2.15 bits per heavy atom. The van der Waals surface area contributed by atoms with Crippen LogP contribution in [-0.2, 0) is 6.54 Å². The van der Waals surface area contributed by atoms with Gasteiger partial charge >= 0.3 is 0 Å². The molecular weight excluding hydrogens is 264 g/mol. The van der Waals surface area contributed by atoms with E-state index in [-0.39, 0.29) is 0 Å². The highest BCUT2D eigenvalue weighted by Gasteiger charge is 2.23. The summed E-state index contributed by atoms with van der Waals surface area (Å²) in [7, 11) is 0. The maximum Gasteiger partial charge on any atom is 0.108 e. The molecule has 0 amide bonds. The Bertz CT molecular complexity index is 528.